The zero-order valence-corrected chi connectivity index (χ0v) is 19.9. The Labute approximate surface area is 207 Å². The van der Waals surface area contributed by atoms with Crippen LogP contribution in [-0.4, -0.2) is 16.4 Å². The Balaban J connectivity index is 1.42. The molecule has 0 saturated carbocycles. The Bertz CT molecular complexity index is 1430. The van der Waals surface area contributed by atoms with E-state index in [0.717, 1.165) is 29.1 Å². The molecule has 1 N–H and O–H groups in total. The van der Waals surface area contributed by atoms with E-state index in [1.165, 1.54) is 6.07 Å². The summed E-state index contributed by atoms with van der Waals surface area (Å²) in [4.78, 5) is 28.2. The van der Waals surface area contributed by atoms with Crippen LogP contribution in [0, 0.1) is 6.92 Å². The molecule has 2 amide bonds. The molecule has 3 aromatic carbocycles. The van der Waals surface area contributed by atoms with E-state index in [9.17, 15) is 9.59 Å². The monoisotopic (exact) mass is 489 g/mol. The van der Waals surface area contributed by atoms with Gasteiger partial charge in [-0.1, -0.05) is 41.4 Å². The summed E-state index contributed by atoms with van der Waals surface area (Å²) in [5.74, 6) is -0.430. The molecule has 0 saturated heterocycles. The fraction of sp³-hybridized carbons (Fsp3) is 0.111. The molecule has 170 valence electrons. The predicted octanol–water partition coefficient (Wildman–Crippen LogP) is 6.56. The summed E-state index contributed by atoms with van der Waals surface area (Å²) in [5, 5.41) is 3.58. The second-order valence-corrected chi connectivity index (χ2v) is 9.10. The van der Waals surface area contributed by atoms with Gasteiger partial charge in [-0.25, -0.2) is 0 Å². The number of nitrogens with one attached hydrogen (secondary N) is 1. The van der Waals surface area contributed by atoms with Gasteiger partial charge in [-0.2, -0.15) is 0 Å². The number of nitrogens with zero attached hydrogens (tertiary/aromatic N) is 2. The topological polar surface area (TPSA) is 54.3 Å². The minimum Gasteiger partial charge on any atom is -0.345 e. The third kappa shape index (κ3) is 4.20. The summed E-state index contributed by atoms with van der Waals surface area (Å²) < 4.78 is 2.17. The number of halogens is 2. The van der Waals surface area contributed by atoms with E-state index in [2.05, 4.69) is 16.0 Å². The molecule has 34 heavy (non-hydrogen) atoms. The van der Waals surface area contributed by atoms with Gasteiger partial charge in [0, 0.05) is 40.4 Å². The third-order valence-corrected chi connectivity index (χ3v) is 6.55. The SMILES string of the molecule is Cc1cc(NC(=O)c2ccc(Cl)cc2Cl)ccc1C(=O)N1Cc2cccn2Cc2ccccc21. The van der Waals surface area contributed by atoms with Crippen LogP contribution < -0.4 is 10.2 Å². The molecule has 0 fully saturated rings. The van der Waals surface area contributed by atoms with Gasteiger partial charge in [0.15, 0.2) is 0 Å². The molecule has 0 spiro atoms. The lowest BCUT2D eigenvalue weighted by atomic mass is 10.0. The van der Waals surface area contributed by atoms with Gasteiger partial charge in [-0.05, 0) is 72.6 Å². The largest absolute Gasteiger partial charge is 0.345 e. The summed E-state index contributed by atoms with van der Waals surface area (Å²) >= 11 is 12.1. The number of aryl methyl sites for hydroxylation is 1. The zero-order chi connectivity index (χ0) is 23.8. The molecule has 0 aliphatic carbocycles. The minimum absolute atomic E-state index is 0.0850. The van der Waals surface area contributed by atoms with Gasteiger partial charge < -0.3 is 14.8 Å². The molecule has 0 atom stereocenters. The van der Waals surface area contributed by atoms with E-state index < -0.39 is 0 Å². The van der Waals surface area contributed by atoms with Crippen LogP contribution in [0.1, 0.15) is 37.5 Å². The first kappa shape index (κ1) is 22.3. The highest BCUT2D eigenvalue weighted by atomic mass is 35.5. The highest BCUT2D eigenvalue weighted by molar-refractivity contribution is 6.37. The van der Waals surface area contributed by atoms with Crippen molar-refractivity contribution in [3.63, 3.8) is 0 Å². The molecular weight excluding hydrogens is 469 g/mol. The van der Waals surface area contributed by atoms with E-state index in [-0.39, 0.29) is 16.8 Å². The van der Waals surface area contributed by atoms with Crippen LogP contribution in [0.4, 0.5) is 11.4 Å². The molecule has 1 aliphatic rings. The molecule has 1 aromatic heterocycles. The van der Waals surface area contributed by atoms with Crippen LogP contribution >= 0.6 is 23.2 Å². The summed E-state index contributed by atoms with van der Waals surface area (Å²) in [6.45, 7) is 3.07. The number of hydrogen-bond donors (Lipinski definition) is 1. The Morgan fingerprint density at radius 3 is 2.47 bits per heavy atom. The smallest absolute Gasteiger partial charge is 0.258 e. The summed E-state index contributed by atoms with van der Waals surface area (Å²) in [6, 6.07) is 22.0. The van der Waals surface area contributed by atoms with Crippen molar-refractivity contribution < 1.29 is 9.59 Å². The molecule has 5 rings (SSSR count). The van der Waals surface area contributed by atoms with Crippen molar-refractivity contribution in [2.75, 3.05) is 10.2 Å². The third-order valence-electron chi connectivity index (χ3n) is 6.00. The van der Waals surface area contributed by atoms with Gasteiger partial charge >= 0.3 is 0 Å². The predicted molar refractivity (Wildman–Crippen MR) is 136 cm³/mol. The highest BCUT2D eigenvalue weighted by Gasteiger charge is 2.25. The maximum atomic E-state index is 13.7. The first-order valence-electron chi connectivity index (χ1n) is 10.8. The van der Waals surface area contributed by atoms with E-state index in [1.807, 2.05) is 48.4 Å². The lowest BCUT2D eigenvalue weighted by Crippen LogP contribution is -2.31. The van der Waals surface area contributed by atoms with Crippen molar-refractivity contribution in [2.24, 2.45) is 0 Å². The van der Waals surface area contributed by atoms with Gasteiger partial charge in [0.05, 0.1) is 17.1 Å². The Hall–Kier alpha value is -3.54. The number of hydrogen-bond acceptors (Lipinski definition) is 2. The molecule has 0 bridgehead atoms. The van der Waals surface area contributed by atoms with Gasteiger partial charge in [0.1, 0.15) is 0 Å². The van der Waals surface area contributed by atoms with Crippen molar-refractivity contribution in [1.29, 1.82) is 0 Å². The number of para-hydroxylation sites is 1. The Morgan fingerprint density at radius 1 is 0.882 bits per heavy atom. The van der Waals surface area contributed by atoms with E-state index in [1.54, 1.807) is 30.3 Å². The quantitative estimate of drug-likeness (QED) is 0.354. The number of carbonyl (C=O) groups is 2. The molecule has 0 radical (unpaired) electrons. The average molecular weight is 490 g/mol. The summed E-state index contributed by atoms with van der Waals surface area (Å²) in [6.07, 6.45) is 2.04. The number of aromatic nitrogens is 1. The average Bonchev–Trinajstić information content (AvgIpc) is 3.17. The van der Waals surface area contributed by atoms with Gasteiger partial charge in [0.25, 0.3) is 11.8 Å². The number of carbonyl (C=O) groups excluding carboxylic acids is 2. The van der Waals surface area contributed by atoms with Crippen molar-refractivity contribution in [3.05, 3.63) is 117 Å². The molecule has 4 aromatic rings. The number of amides is 2. The first-order chi connectivity index (χ1) is 16.4. The van der Waals surface area contributed by atoms with Crippen LogP contribution in [0.3, 0.4) is 0 Å². The lowest BCUT2D eigenvalue weighted by molar-refractivity contribution is 0.0983. The molecule has 1 aliphatic heterocycles. The second kappa shape index (κ2) is 9.01. The maximum absolute atomic E-state index is 13.7. The number of benzene rings is 3. The van der Waals surface area contributed by atoms with E-state index in [4.69, 9.17) is 23.2 Å². The maximum Gasteiger partial charge on any atom is 0.258 e. The fourth-order valence-corrected chi connectivity index (χ4v) is 4.76. The number of anilines is 2. The fourth-order valence-electron chi connectivity index (χ4n) is 4.27. The van der Waals surface area contributed by atoms with Crippen LogP contribution in [-0.2, 0) is 13.1 Å². The Morgan fingerprint density at radius 2 is 1.68 bits per heavy atom. The Kier molecular flexibility index (Phi) is 5.90. The van der Waals surface area contributed by atoms with Crippen LogP contribution in [0.15, 0.2) is 79.0 Å². The van der Waals surface area contributed by atoms with Crippen LogP contribution in [0.2, 0.25) is 10.0 Å². The number of rotatable bonds is 3. The summed E-state index contributed by atoms with van der Waals surface area (Å²) in [7, 11) is 0. The molecule has 5 nitrogen and oxygen atoms in total. The van der Waals surface area contributed by atoms with E-state index in [0.29, 0.717) is 28.4 Å². The van der Waals surface area contributed by atoms with Crippen molar-refractivity contribution in [1.82, 2.24) is 4.57 Å². The first-order valence-corrected chi connectivity index (χ1v) is 11.6. The van der Waals surface area contributed by atoms with Gasteiger partial charge in [-0.15, -0.1) is 0 Å². The van der Waals surface area contributed by atoms with Crippen LogP contribution in [0.25, 0.3) is 0 Å². The van der Waals surface area contributed by atoms with Crippen molar-refractivity contribution >= 4 is 46.4 Å². The van der Waals surface area contributed by atoms with Gasteiger partial charge in [0.2, 0.25) is 0 Å². The zero-order valence-electron chi connectivity index (χ0n) is 18.4. The molecule has 2 heterocycles. The van der Waals surface area contributed by atoms with Crippen molar-refractivity contribution in [2.45, 2.75) is 20.0 Å². The molecule has 7 heteroatoms. The number of fused-ring (bicyclic) bond motifs is 2. The second-order valence-electron chi connectivity index (χ2n) is 8.26. The lowest BCUT2D eigenvalue weighted by Gasteiger charge is -2.24. The van der Waals surface area contributed by atoms with Crippen molar-refractivity contribution in [3.8, 4) is 0 Å². The van der Waals surface area contributed by atoms with Crippen LogP contribution in [0.5, 0.6) is 0 Å². The van der Waals surface area contributed by atoms with Gasteiger partial charge in [-0.3, -0.25) is 9.59 Å². The van der Waals surface area contributed by atoms with E-state index >= 15 is 0 Å². The normalized spacial score (nSPS) is 12.5. The standard InChI is InChI=1S/C27H21Cl2N3O2/c1-17-13-20(30-26(33)23-10-8-19(28)14-24(23)29)9-11-22(17)27(34)32-16-21-6-4-12-31(21)15-18-5-2-3-7-25(18)32/h2-14H,15-16H2,1H3,(H,30,33). The molecular formula is C27H21Cl2N3O2. The minimum atomic E-state index is -0.345. The molecule has 0 unspecified atom stereocenters. The highest BCUT2D eigenvalue weighted by Crippen LogP contribution is 2.30. The summed E-state index contributed by atoms with van der Waals surface area (Å²) in [5.41, 5.74) is 5.33.